The quantitative estimate of drug-likeness (QED) is 0.624. The van der Waals surface area contributed by atoms with E-state index in [-0.39, 0.29) is 5.75 Å². The maximum absolute atomic E-state index is 13.8. The van der Waals surface area contributed by atoms with E-state index >= 15 is 0 Å². The molecule has 1 nitrogen and oxygen atoms in total. The van der Waals surface area contributed by atoms with Gasteiger partial charge in [-0.25, -0.2) is 13.2 Å². The predicted octanol–water partition coefficient (Wildman–Crippen LogP) is 5.84. The summed E-state index contributed by atoms with van der Waals surface area (Å²) in [6.45, 7) is 1.54. The highest BCUT2D eigenvalue weighted by molar-refractivity contribution is 5.35. The van der Waals surface area contributed by atoms with Crippen LogP contribution < -0.4 is 4.74 Å². The minimum absolute atomic E-state index is 0.158. The molecule has 0 radical (unpaired) electrons. The molecule has 2 aromatic carbocycles. The molecule has 0 saturated carbocycles. The normalized spacial score (nSPS) is 12.4. The minimum atomic E-state index is -2.29. The largest absolute Gasteiger partial charge is 0.454 e. The molecule has 0 amide bonds. The highest BCUT2D eigenvalue weighted by Gasteiger charge is 2.14. The van der Waals surface area contributed by atoms with Gasteiger partial charge in [0.1, 0.15) is 5.75 Å². The fourth-order valence-electron chi connectivity index (χ4n) is 2.15. The van der Waals surface area contributed by atoms with E-state index in [2.05, 4.69) is 0 Å². The van der Waals surface area contributed by atoms with E-state index in [0.717, 1.165) is 5.56 Å². The third-order valence-electron chi connectivity index (χ3n) is 3.52. The molecule has 0 spiro atoms. The van der Waals surface area contributed by atoms with Crippen molar-refractivity contribution in [2.75, 3.05) is 0 Å². The number of hydrogen-bond donors (Lipinski definition) is 0. The second-order valence-electron chi connectivity index (χ2n) is 5.38. The number of benzene rings is 2. The third-order valence-corrected chi connectivity index (χ3v) is 3.52. The molecule has 1 atom stereocenters. The van der Waals surface area contributed by atoms with Crippen LogP contribution in [0.2, 0.25) is 0 Å². The fourth-order valence-corrected chi connectivity index (χ4v) is 2.15. The number of para-hydroxylation sites is 1. The first-order chi connectivity index (χ1) is 10.6. The Bertz CT molecular complexity index is 584. The van der Waals surface area contributed by atoms with Crippen LogP contribution in [0.4, 0.5) is 13.2 Å². The standard InChI is InChI=1S/C18H19F3O/c1-13(18(20)21)6-5-7-14-10-11-16(19)17(12-14)22-15-8-3-2-4-9-15/h2-4,8-13,18H,5-7H2,1H3. The molecule has 0 aliphatic heterocycles. The molecule has 0 heterocycles. The van der Waals surface area contributed by atoms with Gasteiger partial charge in [-0.15, -0.1) is 0 Å². The highest BCUT2D eigenvalue weighted by atomic mass is 19.3. The SMILES string of the molecule is CC(CCCc1ccc(F)c(Oc2ccccc2)c1)C(F)F. The van der Waals surface area contributed by atoms with Crippen molar-refractivity contribution in [3.05, 3.63) is 59.9 Å². The number of halogens is 3. The van der Waals surface area contributed by atoms with Crippen LogP contribution in [0.15, 0.2) is 48.5 Å². The van der Waals surface area contributed by atoms with Gasteiger partial charge in [-0.2, -0.15) is 0 Å². The molecular formula is C18H19F3O. The minimum Gasteiger partial charge on any atom is -0.454 e. The zero-order chi connectivity index (χ0) is 15.9. The topological polar surface area (TPSA) is 9.23 Å². The molecule has 0 bridgehead atoms. The Morgan fingerprint density at radius 3 is 2.45 bits per heavy atom. The number of aryl methyl sites for hydroxylation is 1. The van der Waals surface area contributed by atoms with Gasteiger partial charge in [0.25, 0.3) is 0 Å². The molecule has 1 unspecified atom stereocenters. The summed E-state index contributed by atoms with van der Waals surface area (Å²) in [5.41, 5.74) is 0.883. The van der Waals surface area contributed by atoms with Gasteiger partial charge in [0.2, 0.25) is 6.43 Å². The Hall–Kier alpha value is -1.97. The predicted molar refractivity (Wildman–Crippen MR) is 81.0 cm³/mol. The molecular weight excluding hydrogens is 289 g/mol. The van der Waals surface area contributed by atoms with E-state index in [4.69, 9.17) is 4.74 Å². The van der Waals surface area contributed by atoms with Crippen molar-refractivity contribution >= 4 is 0 Å². The van der Waals surface area contributed by atoms with Gasteiger partial charge in [-0.3, -0.25) is 0 Å². The Morgan fingerprint density at radius 1 is 1.05 bits per heavy atom. The van der Waals surface area contributed by atoms with Crippen molar-refractivity contribution in [2.45, 2.75) is 32.6 Å². The number of alkyl halides is 2. The van der Waals surface area contributed by atoms with Gasteiger partial charge in [-0.05, 0) is 49.1 Å². The molecule has 0 saturated heterocycles. The lowest BCUT2D eigenvalue weighted by molar-refractivity contribution is 0.0809. The lowest BCUT2D eigenvalue weighted by Crippen LogP contribution is -2.06. The van der Waals surface area contributed by atoms with Crippen molar-refractivity contribution in [1.82, 2.24) is 0 Å². The smallest absolute Gasteiger partial charge is 0.241 e. The molecule has 4 heteroatoms. The van der Waals surface area contributed by atoms with Crippen LogP contribution in [-0.4, -0.2) is 6.43 Å². The summed E-state index contributed by atoms with van der Waals surface area (Å²) < 4.78 is 44.2. The van der Waals surface area contributed by atoms with Crippen LogP contribution in [0.25, 0.3) is 0 Å². The number of hydrogen-bond acceptors (Lipinski definition) is 1. The van der Waals surface area contributed by atoms with Crippen LogP contribution in [0.5, 0.6) is 11.5 Å². The lowest BCUT2D eigenvalue weighted by Gasteiger charge is -2.11. The monoisotopic (exact) mass is 308 g/mol. The van der Waals surface area contributed by atoms with E-state index < -0.39 is 18.2 Å². The van der Waals surface area contributed by atoms with Crippen LogP contribution in [0.3, 0.4) is 0 Å². The van der Waals surface area contributed by atoms with Crippen molar-refractivity contribution in [3.8, 4) is 11.5 Å². The van der Waals surface area contributed by atoms with Crippen LogP contribution in [0, 0.1) is 11.7 Å². The second kappa shape index (κ2) is 7.87. The van der Waals surface area contributed by atoms with Gasteiger partial charge in [-0.1, -0.05) is 31.2 Å². The Labute approximate surface area is 128 Å². The molecule has 118 valence electrons. The molecule has 0 aromatic heterocycles. The van der Waals surface area contributed by atoms with Gasteiger partial charge in [0.05, 0.1) is 0 Å². The van der Waals surface area contributed by atoms with Crippen molar-refractivity contribution in [2.24, 2.45) is 5.92 Å². The first kappa shape index (κ1) is 16.4. The maximum atomic E-state index is 13.8. The first-order valence-corrected chi connectivity index (χ1v) is 7.35. The third kappa shape index (κ3) is 4.79. The highest BCUT2D eigenvalue weighted by Crippen LogP contribution is 2.26. The zero-order valence-electron chi connectivity index (χ0n) is 12.4. The first-order valence-electron chi connectivity index (χ1n) is 7.35. The Balaban J connectivity index is 1.98. The summed E-state index contributed by atoms with van der Waals surface area (Å²) in [5, 5.41) is 0. The van der Waals surface area contributed by atoms with Crippen molar-refractivity contribution in [1.29, 1.82) is 0 Å². The summed E-state index contributed by atoms with van der Waals surface area (Å²) in [5.74, 6) is -0.329. The summed E-state index contributed by atoms with van der Waals surface area (Å²) in [6.07, 6.45) is -0.570. The summed E-state index contributed by atoms with van der Waals surface area (Å²) in [7, 11) is 0. The molecule has 2 rings (SSSR count). The van der Waals surface area contributed by atoms with Gasteiger partial charge >= 0.3 is 0 Å². The summed E-state index contributed by atoms with van der Waals surface area (Å²) in [4.78, 5) is 0. The van der Waals surface area contributed by atoms with Crippen LogP contribution >= 0.6 is 0 Å². The van der Waals surface area contributed by atoms with E-state index in [1.54, 1.807) is 31.2 Å². The fraction of sp³-hybridized carbons (Fsp3) is 0.333. The van der Waals surface area contributed by atoms with Crippen LogP contribution in [-0.2, 0) is 6.42 Å². The molecule has 0 aliphatic rings. The average Bonchev–Trinajstić information content (AvgIpc) is 2.51. The van der Waals surface area contributed by atoms with E-state index in [1.165, 1.54) is 6.07 Å². The Morgan fingerprint density at radius 2 is 1.77 bits per heavy atom. The summed E-state index contributed by atoms with van der Waals surface area (Å²) >= 11 is 0. The molecule has 22 heavy (non-hydrogen) atoms. The molecule has 0 aliphatic carbocycles. The van der Waals surface area contributed by atoms with E-state index in [1.807, 2.05) is 18.2 Å². The molecule has 0 fully saturated rings. The van der Waals surface area contributed by atoms with Gasteiger partial charge < -0.3 is 4.74 Å². The van der Waals surface area contributed by atoms with Gasteiger partial charge in [0.15, 0.2) is 11.6 Å². The van der Waals surface area contributed by atoms with E-state index in [0.29, 0.717) is 25.0 Å². The molecule has 2 aromatic rings. The molecule has 0 N–H and O–H groups in total. The second-order valence-corrected chi connectivity index (χ2v) is 5.38. The van der Waals surface area contributed by atoms with Crippen molar-refractivity contribution in [3.63, 3.8) is 0 Å². The van der Waals surface area contributed by atoms with Crippen molar-refractivity contribution < 1.29 is 17.9 Å². The number of rotatable bonds is 7. The summed E-state index contributed by atoms with van der Waals surface area (Å²) in [6, 6.07) is 13.6. The average molecular weight is 308 g/mol. The van der Waals surface area contributed by atoms with Gasteiger partial charge in [0, 0.05) is 5.92 Å². The number of ether oxygens (including phenoxy) is 1. The lowest BCUT2D eigenvalue weighted by atomic mass is 10.0. The van der Waals surface area contributed by atoms with Crippen LogP contribution in [0.1, 0.15) is 25.3 Å². The van der Waals surface area contributed by atoms with E-state index in [9.17, 15) is 13.2 Å². The maximum Gasteiger partial charge on any atom is 0.241 e. The Kier molecular flexibility index (Phi) is 5.87. The zero-order valence-corrected chi connectivity index (χ0v) is 12.4.